The maximum absolute atomic E-state index is 6.37. The number of rotatable bonds is 2. The zero-order valence-electron chi connectivity index (χ0n) is 13.1. The molecule has 2 N–H and O–H groups in total. The highest BCUT2D eigenvalue weighted by molar-refractivity contribution is 5.44. The van der Waals surface area contributed by atoms with Crippen molar-refractivity contribution in [2.24, 2.45) is 17.6 Å². The molecule has 3 nitrogen and oxygen atoms in total. The highest BCUT2D eigenvalue weighted by Gasteiger charge is 2.34. The summed E-state index contributed by atoms with van der Waals surface area (Å²) in [6, 6.07) is 6.02. The van der Waals surface area contributed by atoms with E-state index in [0.29, 0.717) is 11.8 Å². The largest absolute Gasteiger partial charge is 0.497 e. The van der Waals surface area contributed by atoms with Crippen molar-refractivity contribution < 1.29 is 9.47 Å². The van der Waals surface area contributed by atoms with E-state index in [2.05, 4.69) is 19.9 Å². The fraction of sp³-hybridized carbons (Fsp3) is 0.556. The number of methoxy groups -OCH3 is 1. The molecule has 4 atom stereocenters. The lowest BCUT2D eigenvalue weighted by Crippen LogP contribution is -2.37. The van der Waals surface area contributed by atoms with Crippen LogP contribution in [0.25, 0.3) is 0 Å². The van der Waals surface area contributed by atoms with Crippen LogP contribution in [0.5, 0.6) is 11.5 Å². The van der Waals surface area contributed by atoms with Crippen molar-refractivity contribution in [1.82, 2.24) is 0 Å². The molecule has 1 heterocycles. The Morgan fingerprint density at radius 3 is 2.81 bits per heavy atom. The number of hydrogen-bond acceptors (Lipinski definition) is 3. The summed E-state index contributed by atoms with van der Waals surface area (Å²) in [7, 11) is 1.68. The van der Waals surface area contributed by atoms with Gasteiger partial charge in [0.2, 0.25) is 0 Å². The van der Waals surface area contributed by atoms with Gasteiger partial charge < -0.3 is 15.2 Å². The number of benzene rings is 1. The molecule has 3 unspecified atom stereocenters. The van der Waals surface area contributed by atoms with E-state index in [1.165, 1.54) is 12.0 Å². The predicted octanol–water partition coefficient (Wildman–Crippen LogP) is 3.84. The normalized spacial score (nSPS) is 31.9. The molecule has 0 radical (unpaired) electrons. The minimum atomic E-state index is 0.0613. The Balaban J connectivity index is 1.82. The third-order valence-corrected chi connectivity index (χ3v) is 4.74. The van der Waals surface area contributed by atoms with Crippen molar-refractivity contribution in [2.45, 2.75) is 45.3 Å². The van der Waals surface area contributed by atoms with Crippen LogP contribution in [-0.2, 0) is 0 Å². The van der Waals surface area contributed by atoms with Gasteiger partial charge >= 0.3 is 0 Å². The summed E-state index contributed by atoms with van der Waals surface area (Å²) in [4.78, 5) is 0. The summed E-state index contributed by atoms with van der Waals surface area (Å²) in [5, 5.41) is 0. The Bertz CT molecular complexity index is 552. The van der Waals surface area contributed by atoms with E-state index in [0.717, 1.165) is 29.9 Å². The fourth-order valence-corrected chi connectivity index (χ4v) is 3.81. The number of nitrogens with two attached hydrogens (primary N) is 1. The first-order valence-corrected chi connectivity index (χ1v) is 7.84. The Morgan fingerprint density at radius 2 is 2.10 bits per heavy atom. The van der Waals surface area contributed by atoms with Crippen LogP contribution in [0.3, 0.4) is 0 Å². The van der Waals surface area contributed by atoms with Gasteiger partial charge in [-0.25, -0.2) is 0 Å². The van der Waals surface area contributed by atoms with Gasteiger partial charge in [0.05, 0.1) is 7.11 Å². The van der Waals surface area contributed by atoms with Crippen LogP contribution in [0.4, 0.5) is 0 Å². The zero-order chi connectivity index (χ0) is 15.0. The van der Waals surface area contributed by atoms with E-state index < -0.39 is 0 Å². The second-order valence-corrected chi connectivity index (χ2v) is 6.59. The molecule has 3 heteroatoms. The van der Waals surface area contributed by atoms with Gasteiger partial charge in [-0.2, -0.15) is 0 Å². The Kier molecular flexibility index (Phi) is 3.94. The van der Waals surface area contributed by atoms with Gasteiger partial charge in [-0.15, -0.1) is 0 Å². The average Bonchev–Trinajstić information content (AvgIpc) is 2.45. The maximum atomic E-state index is 6.37. The molecule has 1 aromatic carbocycles. The molecule has 0 spiro atoms. The number of fused-ring (bicyclic) bond motifs is 1. The predicted molar refractivity (Wildman–Crippen MR) is 84.6 cm³/mol. The molecule has 3 rings (SSSR count). The second kappa shape index (κ2) is 5.72. The molecule has 114 valence electrons. The van der Waals surface area contributed by atoms with E-state index in [1.54, 1.807) is 7.11 Å². The first kappa shape index (κ1) is 14.5. The lowest BCUT2D eigenvalue weighted by atomic mass is 9.78. The topological polar surface area (TPSA) is 44.5 Å². The van der Waals surface area contributed by atoms with Gasteiger partial charge in [0, 0.05) is 30.0 Å². The Hall–Kier alpha value is -1.48. The summed E-state index contributed by atoms with van der Waals surface area (Å²) in [5.41, 5.74) is 8.95. The maximum Gasteiger partial charge on any atom is 0.128 e. The molecule has 1 aliphatic carbocycles. The van der Waals surface area contributed by atoms with Crippen LogP contribution in [0.15, 0.2) is 29.8 Å². The van der Waals surface area contributed by atoms with Crippen LogP contribution >= 0.6 is 0 Å². The lowest BCUT2D eigenvalue weighted by Gasteiger charge is -2.38. The molecule has 1 aromatic rings. The lowest BCUT2D eigenvalue weighted by molar-refractivity contribution is 0.0855. The number of ether oxygens (including phenoxy) is 2. The molecule has 0 bridgehead atoms. The summed E-state index contributed by atoms with van der Waals surface area (Å²) in [6.45, 7) is 4.51. The molecular weight excluding hydrogens is 262 g/mol. The van der Waals surface area contributed by atoms with E-state index in [-0.39, 0.29) is 12.1 Å². The Morgan fingerprint density at radius 1 is 1.29 bits per heavy atom. The smallest absolute Gasteiger partial charge is 0.128 e. The third kappa shape index (κ3) is 2.93. The highest BCUT2D eigenvalue weighted by Crippen LogP contribution is 2.41. The van der Waals surface area contributed by atoms with Gasteiger partial charge in [-0.3, -0.25) is 0 Å². The van der Waals surface area contributed by atoms with Gasteiger partial charge in [-0.1, -0.05) is 24.6 Å². The standard InChI is InChI=1S/C18H25NO2/c1-11-6-12(2)8-13(7-11)17-10-16(19)15-5-4-14(20-3)9-18(15)21-17/h4-6,9,11,13,16-17H,7-8,10,19H2,1-3H3/t11?,13?,16-,17?/m1/s1. The molecule has 2 aliphatic rings. The molecule has 0 aromatic heterocycles. The first-order chi connectivity index (χ1) is 10.1. The monoisotopic (exact) mass is 287 g/mol. The van der Waals surface area contributed by atoms with E-state index >= 15 is 0 Å². The molecule has 1 aliphatic heterocycles. The van der Waals surface area contributed by atoms with Crippen molar-refractivity contribution in [3.63, 3.8) is 0 Å². The van der Waals surface area contributed by atoms with Gasteiger partial charge in [0.25, 0.3) is 0 Å². The molecule has 0 saturated heterocycles. The fourth-order valence-electron chi connectivity index (χ4n) is 3.81. The zero-order valence-corrected chi connectivity index (χ0v) is 13.1. The first-order valence-electron chi connectivity index (χ1n) is 7.84. The molecular formula is C18H25NO2. The third-order valence-electron chi connectivity index (χ3n) is 4.74. The van der Waals surface area contributed by atoms with Gasteiger partial charge in [0.1, 0.15) is 17.6 Å². The molecule has 0 amide bonds. The number of allylic oxidation sites excluding steroid dienone is 2. The summed E-state index contributed by atoms with van der Waals surface area (Å²) in [6.07, 6.45) is 5.82. The molecule has 21 heavy (non-hydrogen) atoms. The van der Waals surface area contributed by atoms with Gasteiger partial charge in [-0.05, 0) is 31.7 Å². The van der Waals surface area contributed by atoms with Crippen LogP contribution in [-0.4, -0.2) is 13.2 Å². The summed E-state index contributed by atoms with van der Waals surface area (Å²) < 4.78 is 11.6. The summed E-state index contributed by atoms with van der Waals surface area (Å²) >= 11 is 0. The number of hydrogen-bond donors (Lipinski definition) is 1. The quantitative estimate of drug-likeness (QED) is 0.841. The SMILES string of the molecule is COc1ccc2c(c1)OC(C1CC(C)=CC(C)C1)C[C@H]2N. The van der Waals surface area contributed by atoms with Crippen molar-refractivity contribution in [2.75, 3.05) is 7.11 Å². The Labute approximate surface area is 127 Å². The van der Waals surface area contributed by atoms with E-state index in [9.17, 15) is 0 Å². The van der Waals surface area contributed by atoms with Crippen molar-refractivity contribution in [3.05, 3.63) is 35.4 Å². The van der Waals surface area contributed by atoms with E-state index in [4.69, 9.17) is 15.2 Å². The van der Waals surface area contributed by atoms with Crippen LogP contribution in [0.1, 0.15) is 44.7 Å². The summed E-state index contributed by atoms with van der Waals surface area (Å²) in [5.74, 6) is 2.93. The van der Waals surface area contributed by atoms with Crippen molar-refractivity contribution >= 4 is 0 Å². The highest BCUT2D eigenvalue weighted by atomic mass is 16.5. The average molecular weight is 287 g/mol. The second-order valence-electron chi connectivity index (χ2n) is 6.59. The molecule has 0 fully saturated rings. The van der Waals surface area contributed by atoms with Crippen molar-refractivity contribution in [1.29, 1.82) is 0 Å². The van der Waals surface area contributed by atoms with Crippen LogP contribution in [0.2, 0.25) is 0 Å². The van der Waals surface area contributed by atoms with Gasteiger partial charge in [0.15, 0.2) is 0 Å². The molecule has 0 saturated carbocycles. The minimum Gasteiger partial charge on any atom is -0.497 e. The minimum absolute atomic E-state index is 0.0613. The van der Waals surface area contributed by atoms with Crippen molar-refractivity contribution in [3.8, 4) is 11.5 Å². The van der Waals surface area contributed by atoms with E-state index in [1.807, 2.05) is 18.2 Å². The van der Waals surface area contributed by atoms with Crippen LogP contribution in [0, 0.1) is 11.8 Å². The van der Waals surface area contributed by atoms with Crippen LogP contribution < -0.4 is 15.2 Å².